The average Bonchev–Trinajstić information content (AvgIpc) is 2.40. The van der Waals surface area contributed by atoms with Crippen molar-refractivity contribution in [2.24, 2.45) is 5.92 Å². The van der Waals surface area contributed by atoms with Crippen LogP contribution in [0.1, 0.15) is 52.9 Å². The Morgan fingerprint density at radius 3 is 2.16 bits per heavy atom. The zero-order valence-corrected chi connectivity index (χ0v) is 13.0. The van der Waals surface area contributed by atoms with Crippen LogP contribution < -0.4 is 0 Å². The summed E-state index contributed by atoms with van der Waals surface area (Å²) in [4.78, 5) is 4.85. The maximum atomic E-state index is 14.9. The molecule has 0 atom stereocenters. The van der Waals surface area contributed by atoms with Crippen molar-refractivity contribution in [3.8, 4) is 0 Å². The molecule has 2 nitrogen and oxygen atoms in total. The summed E-state index contributed by atoms with van der Waals surface area (Å²) in [5, 5.41) is 0. The molecule has 19 heavy (non-hydrogen) atoms. The molecule has 0 aromatic carbocycles. The third kappa shape index (κ3) is 4.16. The third-order valence-electron chi connectivity index (χ3n) is 5.22. The Balaban J connectivity index is 1.76. The van der Waals surface area contributed by atoms with Crippen LogP contribution in [0.25, 0.3) is 0 Å². The summed E-state index contributed by atoms with van der Waals surface area (Å²) in [7, 11) is 0. The summed E-state index contributed by atoms with van der Waals surface area (Å²) in [6.45, 7) is 11.7. The first-order chi connectivity index (χ1) is 9.02. The van der Waals surface area contributed by atoms with Gasteiger partial charge >= 0.3 is 0 Å². The van der Waals surface area contributed by atoms with Gasteiger partial charge in [-0.05, 0) is 45.4 Å². The van der Waals surface area contributed by atoms with Gasteiger partial charge in [0.15, 0.2) is 0 Å². The number of alkyl halides is 1. The fourth-order valence-corrected chi connectivity index (χ4v) is 3.60. The molecule has 0 unspecified atom stereocenters. The second-order valence-electron chi connectivity index (χ2n) is 6.91. The fraction of sp³-hybridized carbons (Fsp3) is 1.00. The van der Waals surface area contributed by atoms with E-state index >= 15 is 0 Å². The molecule has 1 aliphatic carbocycles. The van der Waals surface area contributed by atoms with Crippen LogP contribution >= 0.6 is 0 Å². The first kappa shape index (κ1) is 15.2. The van der Waals surface area contributed by atoms with Crippen molar-refractivity contribution in [1.82, 2.24) is 9.80 Å². The van der Waals surface area contributed by atoms with Crippen molar-refractivity contribution in [3.05, 3.63) is 0 Å². The third-order valence-corrected chi connectivity index (χ3v) is 5.22. The smallest absolute Gasteiger partial charge is 0.123 e. The monoisotopic (exact) mass is 270 g/mol. The number of hydrogen-bond acceptors (Lipinski definition) is 2. The minimum absolute atomic E-state index is 0.626. The standard InChI is InChI=1S/C16H31FN2/c1-4-15-5-7-16(17,8-6-15)13-18-9-11-19(12-10-18)14(2)3/h14-15H,4-13H2,1-3H3. The fourth-order valence-electron chi connectivity index (χ4n) is 3.60. The van der Waals surface area contributed by atoms with Gasteiger partial charge in [-0.25, -0.2) is 4.39 Å². The van der Waals surface area contributed by atoms with Crippen molar-refractivity contribution in [1.29, 1.82) is 0 Å². The van der Waals surface area contributed by atoms with Crippen molar-refractivity contribution >= 4 is 0 Å². The summed E-state index contributed by atoms with van der Waals surface area (Å²) in [6, 6.07) is 0.626. The molecule has 0 aromatic rings. The topological polar surface area (TPSA) is 6.48 Å². The van der Waals surface area contributed by atoms with Gasteiger partial charge in [0.25, 0.3) is 0 Å². The van der Waals surface area contributed by atoms with Gasteiger partial charge in [-0.1, -0.05) is 13.3 Å². The lowest BCUT2D eigenvalue weighted by Crippen LogP contribution is -2.52. The second kappa shape index (κ2) is 6.53. The SMILES string of the molecule is CCC1CCC(F)(CN2CCN(C(C)C)CC2)CC1. The normalized spacial score (nSPS) is 34.9. The minimum Gasteiger partial charge on any atom is -0.298 e. The predicted octanol–water partition coefficient (Wildman–Crippen LogP) is 3.32. The van der Waals surface area contributed by atoms with Crippen LogP contribution in [-0.2, 0) is 0 Å². The van der Waals surface area contributed by atoms with Crippen LogP contribution in [0.3, 0.4) is 0 Å². The predicted molar refractivity (Wildman–Crippen MR) is 79.2 cm³/mol. The van der Waals surface area contributed by atoms with Gasteiger partial charge in [0, 0.05) is 38.8 Å². The van der Waals surface area contributed by atoms with Gasteiger partial charge in [0.2, 0.25) is 0 Å². The van der Waals surface area contributed by atoms with Crippen molar-refractivity contribution < 1.29 is 4.39 Å². The molecule has 0 radical (unpaired) electrons. The molecule has 1 saturated carbocycles. The van der Waals surface area contributed by atoms with E-state index in [1.165, 1.54) is 6.42 Å². The molecule has 2 aliphatic rings. The molecule has 2 fully saturated rings. The van der Waals surface area contributed by atoms with Crippen LogP contribution in [0, 0.1) is 5.92 Å². The van der Waals surface area contributed by atoms with E-state index in [1.807, 2.05) is 0 Å². The number of halogens is 1. The van der Waals surface area contributed by atoms with Crippen molar-refractivity contribution in [2.45, 2.75) is 64.6 Å². The average molecular weight is 270 g/mol. The molecule has 0 aromatic heterocycles. The summed E-state index contributed by atoms with van der Waals surface area (Å²) < 4.78 is 14.9. The van der Waals surface area contributed by atoms with Gasteiger partial charge in [-0.2, -0.15) is 0 Å². The maximum absolute atomic E-state index is 14.9. The summed E-state index contributed by atoms with van der Waals surface area (Å²) in [6.07, 6.45) is 4.99. The van der Waals surface area contributed by atoms with E-state index in [4.69, 9.17) is 0 Å². The number of piperazine rings is 1. The zero-order chi connectivity index (χ0) is 13.9. The van der Waals surface area contributed by atoms with E-state index in [0.29, 0.717) is 12.6 Å². The van der Waals surface area contributed by atoms with E-state index in [1.54, 1.807) is 0 Å². The molecule has 0 spiro atoms. The largest absolute Gasteiger partial charge is 0.298 e. The minimum atomic E-state index is -0.897. The van der Waals surface area contributed by atoms with Crippen molar-refractivity contribution in [3.63, 3.8) is 0 Å². The second-order valence-corrected chi connectivity index (χ2v) is 6.91. The van der Waals surface area contributed by atoms with Crippen molar-refractivity contribution in [2.75, 3.05) is 32.7 Å². The summed E-state index contributed by atoms with van der Waals surface area (Å²) in [5.74, 6) is 0.779. The maximum Gasteiger partial charge on any atom is 0.123 e. The quantitative estimate of drug-likeness (QED) is 0.773. The number of hydrogen-bond donors (Lipinski definition) is 0. The first-order valence-electron chi connectivity index (χ1n) is 8.18. The van der Waals surface area contributed by atoms with Gasteiger partial charge in [-0.15, -0.1) is 0 Å². The highest BCUT2D eigenvalue weighted by Gasteiger charge is 2.37. The first-order valence-corrected chi connectivity index (χ1v) is 8.18. The van der Waals surface area contributed by atoms with Crippen LogP contribution in [0.4, 0.5) is 4.39 Å². The molecular weight excluding hydrogens is 239 g/mol. The Morgan fingerprint density at radius 2 is 1.68 bits per heavy atom. The lowest BCUT2D eigenvalue weighted by molar-refractivity contribution is 0.0163. The van der Waals surface area contributed by atoms with Gasteiger partial charge < -0.3 is 0 Å². The van der Waals surface area contributed by atoms with Crippen LogP contribution in [0.2, 0.25) is 0 Å². The molecule has 3 heteroatoms. The van der Waals surface area contributed by atoms with Gasteiger partial charge in [-0.3, -0.25) is 9.80 Å². The molecule has 0 amide bonds. The summed E-state index contributed by atoms with van der Waals surface area (Å²) in [5.41, 5.74) is -0.897. The highest BCUT2D eigenvalue weighted by molar-refractivity contribution is 4.90. The zero-order valence-electron chi connectivity index (χ0n) is 13.0. The Morgan fingerprint density at radius 1 is 1.11 bits per heavy atom. The Kier molecular flexibility index (Phi) is 5.24. The van der Waals surface area contributed by atoms with E-state index in [0.717, 1.165) is 57.8 Å². The highest BCUT2D eigenvalue weighted by Crippen LogP contribution is 2.37. The van der Waals surface area contributed by atoms with E-state index in [-0.39, 0.29) is 0 Å². The van der Waals surface area contributed by atoms with Gasteiger partial charge in [0.05, 0.1) is 0 Å². The molecule has 1 heterocycles. The Hall–Kier alpha value is -0.150. The van der Waals surface area contributed by atoms with Crippen LogP contribution in [-0.4, -0.2) is 54.2 Å². The Labute approximate surface area is 118 Å². The molecule has 1 saturated heterocycles. The van der Waals surface area contributed by atoms with Gasteiger partial charge in [0.1, 0.15) is 5.67 Å². The molecular formula is C16H31FN2. The lowest BCUT2D eigenvalue weighted by atomic mass is 9.78. The molecule has 0 N–H and O–H groups in total. The van der Waals surface area contributed by atoms with Crippen LogP contribution in [0.5, 0.6) is 0 Å². The summed E-state index contributed by atoms with van der Waals surface area (Å²) >= 11 is 0. The molecule has 112 valence electrons. The lowest BCUT2D eigenvalue weighted by Gasteiger charge is -2.41. The molecule has 2 rings (SSSR count). The molecule has 0 bridgehead atoms. The van der Waals surface area contributed by atoms with E-state index < -0.39 is 5.67 Å². The van der Waals surface area contributed by atoms with E-state index in [2.05, 4.69) is 30.6 Å². The number of nitrogens with zero attached hydrogens (tertiary/aromatic N) is 2. The Bertz CT molecular complexity index is 264. The highest BCUT2D eigenvalue weighted by atomic mass is 19.1. The van der Waals surface area contributed by atoms with E-state index in [9.17, 15) is 4.39 Å². The molecule has 1 aliphatic heterocycles. The number of rotatable bonds is 4. The van der Waals surface area contributed by atoms with Crippen LogP contribution in [0.15, 0.2) is 0 Å².